The molecule has 1 unspecified atom stereocenters. The Balaban J connectivity index is 0.00000264. The molecule has 1 saturated heterocycles. The van der Waals surface area contributed by atoms with E-state index < -0.39 is 0 Å². The second-order valence-corrected chi connectivity index (χ2v) is 6.65. The smallest absolute Gasteiger partial charge is 0.242 e. The monoisotopic (exact) mass is 379 g/mol. The molecule has 0 saturated carbocycles. The highest BCUT2D eigenvalue weighted by Crippen LogP contribution is 2.15. The number of rotatable bonds is 6. The minimum absolute atomic E-state index is 0. The lowest BCUT2D eigenvalue weighted by Gasteiger charge is -2.33. The number of amides is 1. The van der Waals surface area contributed by atoms with Crippen LogP contribution in [0.1, 0.15) is 38.3 Å². The first kappa shape index (κ1) is 23.2. The van der Waals surface area contributed by atoms with E-state index >= 15 is 0 Å². The molecule has 1 fully saturated rings. The number of nitrogens with one attached hydrogen (secondary N) is 2. The van der Waals surface area contributed by atoms with Gasteiger partial charge in [0.05, 0.1) is 6.20 Å². The van der Waals surface area contributed by atoms with E-state index in [1.54, 1.807) is 10.9 Å². The predicted octanol–water partition coefficient (Wildman–Crippen LogP) is 1.76. The van der Waals surface area contributed by atoms with E-state index in [9.17, 15) is 4.79 Å². The van der Waals surface area contributed by atoms with Crippen molar-refractivity contribution in [2.24, 2.45) is 13.0 Å². The summed E-state index contributed by atoms with van der Waals surface area (Å²) in [4.78, 5) is 15.0. The predicted molar refractivity (Wildman–Crippen MR) is 102 cm³/mol. The van der Waals surface area contributed by atoms with Gasteiger partial charge < -0.3 is 15.5 Å². The fourth-order valence-corrected chi connectivity index (χ4v) is 3.10. The Labute approximate surface area is 157 Å². The molecule has 1 aromatic rings. The Hall–Kier alpha value is -0.820. The molecule has 0 radical (unpaired) electrons. The molecule has 24 heavy (non-hydrogen) atoms. The number of carbonyl (C=O) groups excluding carboxylic acids is 1. The van der Waals surface area contributed by atoms with Gasteiger partial charge in [0, 0.05) is 44.5 Å². The third kappa shape index (κ3) is 6.59. The molecule has 2 rings (SSSR count). The van der Waals surface area contributed by atoms with Gasteiger partial charge >= 0.3 is 0 Å². The first-order valence-corrected chi connectivity index (χ1v) is 8.18. The summed E-state index contributed by atoms with van der Waals surface area (Å²) < 4.78 is 1.72. The number of halogens is 2. The van der Waals surface area contributed by atoms with E-state index in [0.717, 1.165) is 38.0 Å². The minimum atomic E-state index is -0.331. The second kappa shape index (κ2) is 10.9. The molecule has 2 N–H and O–H groups in total. The summed E-state index contributed by atoms with van der Waals surface area (Å²) in [6.45, 7) is 7.79. The molecule has 0 spiro atoms. The standard InChI is InChI=1S/C16H29N5O.2ClH/c1-12(2)10-21-7-5-14(6-8-21)19-16(22)15(17-3)13-9-18-20(4)11-13;;/h9,11-12,14-15,17H,5-8,10H2,1-4H3,(H,19,22);2*1H. The molecule has 1 amide bonds. The molecule has 1 aliphatic heterocycles. The van der Waals surface area contributed by atoms with Gasteiger partial charge in [0.1, 0.15) is 6.04 Å². The van der Waals surface area contributed by atoms with Crippen LogP contribution in [-0.4, -0.2) is 53.3 Å². The lowest BCUT2D eigenvalue weighted by Crippen LogP contribution is -2.48. The fraction of sp³-hybridized carbons (Fsp3) is 0.750. The van der Waals surface area contributed by atoms with Crippen molar-refractivity contribution < 1.29 is 4.79 Å². The van der Waals surface area contributed by atoms with Gasteiger partial charge in [-0.1, -0.05) is 13.8 Å². The van der Waals surface area contributed by atoms with Crippen molar-refractivity contribution in [1.82, 2.24) is 25.3 Å². The number of carbonyl (C=O) groups is 1. The lowest BCUT2D eigenvalue weighted by atomic mass is 10.0. The number of likely N-dealkylation sites (tertiary alicyclic amines) is 1. The highest BCUT2D eigenvalue weighted by Gasteiger charge is 2.25. The quantitative estimate of drug-likeness (QED) is 0.790. The molecular weight excluding hydrogens is 349 g/mol. The summed E-state index contributed by atoms with van der Waals surface area (Å²) in [7, 11) is 3.67. The summed E-state index contributed by atoms with van der Waals surface area (Å²) in [6.07, 6.45) is 5.68. The second-order valence-electron chi connectivity index (χ2n) is 6.65. The van der Waals surface area contributed by atoms with Crippen LogP contribution in [0.3, 0.4) is 0 Å². The average molecular weight is 380 g/mol. The number of piperidine rings is 1. The molecule has 0 aromatic carbocycles. The molecule has 1 atom stereocenters. The van der Waals surface area contributed by atoms with Crippen LogP contribution in [0.25, 0.3) is 0 Å². The van der Waals surface area contributed by atoms with Gasteiger partial charge in [-0.3, -0.25) is 9.48 Å². The van der Waals surface area contributed by atoms with Crippen LogP contribution in [0.15, 0.2) is 12.4 Å². The summed E-state index contributed by atoms with van der Waals surface area (Å²) >= 11 is 0. The van der Waals surface area contributed by atoms with Crippen LogP contribution >= 0.6 is 24.8 Å². The third-order valence-electron chi connectivity index (χ3n) is 4.17. The molecule has 140 valence electrons. The van der Waals surface area contributed by atoms with Crippen LogP contribution in [0, 0.1) is 5.92 Å². The number of nitrogens with zero attached hydrogens (tertiary/aromatic N) is 3. The molecular formula is C16H31Cl2N5O. The Bertz CT molecular complexity index is 487. The zero-order chi connectivity index (χ0) is 16.1. The zero-order valence-electron chi connectivity index (χ0n) is 15.0. The van der Waals surface area contributed by atoms with Crippen LogP contribution in [0.2, 0.25) is 0 Å². The SMILES string of the molecule is CNC(C(=O)NC1CCN(CC(C)C)CC1)c1cnn(C)c1.Cl.Cl. The Kier molecular flexibility index (Phi) is 10.6. The van der Waals surface area contributed by atoms with Crippen molar-refractivity contribution in [2.75, 3.05) is 26.7 Å². The number of hydrogen-bond donors (Lipinski definition) is 2. The van der Waals surface area contributed by atoms with Crippen LogP contribution < -0.4 is 10.6 Å². The first-order valence-electron chi connectivity index (χ1n) is 8.18. The Morgan fingerprint density at radius 3 is 2.42 bits per heavy atom. The topological polar surface area (TPSA) is 62.2 Å². The molecule has 6 nitrogen and oxygen atoms in total. The molecule has 8 heteroatoms. The van der Waals surface area contributed by atoms with Crippen molar-refractivity contribution >= 4 is 30.7 Å². The average Bonchev–Trinajstić information content (AvgIpc) is 2.87. The lowest BCUT2D eigenvalue weighted by molar-refractivity contribution is -0.124. The molecule has 0 aliphatic carbocycles. The van der Waals surface area contributed by atoms with E-state index in [-0.39, 0.29) is 42.8 Å². The highest BCUT2D eigenvalue weighted by molar-refractivity contribution is 5.85. The van der Waals surface area contributed by atoms with Crippen LogP contribution in [0.5, 0.6) is 0 Å². The number of likely N-dealkylation sites (N-methyl/N-ethyl adjacent to an activating group) is 1. The number of hydrogen-bond acceptors (Lipinski definition) is 4. The van der Waals surface area contributed by atoms with Gasteiger partial charge in [0.25, 0.3) is 0 Å². The van der Waals surface area contributed by atoms with E-state index in [2.05, 4.69) is 34.5 Å². The van der Waals surface area contributed by atoms with Crippen molar-refractivity contribution in [3.8, 4) is 0 Å². The number of aromatic nitrogens is 2. The van der Waals surface area contributed by atoms with Gasteiger partial charge in [-0.15, -0.1) is 24.8 Å². The maximum Gasteiger partial charge on any atom is 0.242 e. The zero-order valence-corrected chi connectivity index (χ0v) is 16.6. The number of aryl methyl sites for hydroxylation is 1. The summed E-state index contributed by atoms with van der Waals surface area (Å²) in [6, 6.07) is -0.0502. The first-order chi connectivity index (χ1) is 10.5. The molecule has 1 aliphatic rings. The normalized spacial score (nSPS) is 17.0. The van der Waals surface area contributed by atoms with Gasteiger partial charge in [0.2, 0.25) is 5.91 Å². The van der Waals surface area contributed by atoms with Gasteiger partial charge in [0.15, 0.2) is 0 Å². The molecule has 1 aromatic heterocycles. The van der Waals surface area contributed by atoms with Crippen molar-refractivity contribution in [3.63, 3.8) is 0 Å². The maximum absolute atomic E-state index is 12.5. The van der Waals surface area contributed by atoms with Gasteiger partial charge in [-0.2, -0.15) is 5.10 Å². The van der Waals surface area contributed by atoms with Crippen LogP contribution in [0.4, 0.5) is 0 Å². The Morgan fingerprint density at radius 1 is 1.33 bits per heavy atom. The van der Waals surface area contributed by atoms with E-state index in [1.165, 1.54) is 0 Å². The fourth-order valence-electron chi connectivity index (χ4n) is 3.10. The molecule has 2 heterocycles. The molecule has 0 bridgehead atoms. The summed E-state index contributed by atoms with van der Waals surface area (Å²) in [5.74, 6) is 0.739. The minimum Gasteiger partial charge on any atom is -0.352 e. The third-order valence-corrected chi connectivity index (χ3v) is 4.17. The Morgan fingerprint density at radius 2 is 1.96 bits per heavy atom. The van der Waals surface area contributed by atoms with Crippen LogP contribution in [-0.2, 0) is 11.8 Å². The van der Waals surface area contributed by atoms with E-state index in [1.807, 2.05) is 20.3 Å². The van der Waals surface area contributed by atoms with Gasteiger partial charge in [-0.25, -0.2) is 0 Å². The maximum atomic E-state index is 12.5. The summed E-state index contributed by atoms with van der Waals surface area (Å²) in [5, 5.41) is 10.4. The highest BCUT2D eigenvalue weighted by atomic mass is 35.5. The van der Waals surface area contributed by atoms with E-state index in [4.69, 9.17) is 0 Å². The van der Waals surface area contributed by atoms with Gasteiger partial charge in [-0.05, 0) is 25.8 Å². The van der Waals surface area contributed by atoms with E-state index in [0.29, 0.717) is 5.92 Å². The van der Waals surface area contributed by atoms with Crippen molar-refractivity contribution in [3.05, 3.63) is 18.0 Å². The summed E-state index contributed by atoms with van der Waals surface area (Å²) in [5.41, 5.74) is 0.903. The largest absolute Gasteiger partial charge is 0.352 e. The van der Waals surface area contributed by atoms with Crippen molar-refractivity contribution in [2.45, 2.75) is 38.8 Å². The van der Waals surface area contributed by atoms with Crippen molar-refractivity contribution in [1.29, 1.82) is 0 Å².